The summed E-state index contributed by atoms with van der Waals surface area (Å²) in [7, 11) is 0. The summed E-state index contributed by atoms with van der Waals surface area (Å²) in [6.07, 6.45) is 0.524. The van der Waals surface area contributed by atoms with E-state index in [2.05, 4.69) is 20.8 Å². The molecule has 4 heteroatoms. The predicted octanol–water partition coefficient (Wildman–Crippen LogP) is 4.82. The second-order valence-corrected chi connectivity index (χ2v) is 9.17. The zero-order chi connectivity index (χ0) is 21.6. The molecule has 0 saturated heterocycles. The molecule has 0 bridgehead atoms. The van der Waals surface area contributed by atoms with Crippen LogP contribution in [0.2, 0.25) is 0 Å². The molecule has 154 valence electrons. The van der Waals surface area contributed by atoms with Crippen LogP contribution in [0.3, 0.4) is 0 Å². The van der Waals surface area contributed by atoms with Gasteiger partial charge in [0.1, 0.15) is 0 Å². The number of carbonyl (C=O) groups is 2. The number of Topliss-reactive ketones (excluding diaryl/α,β-unsaturated/α-hetero) is 1. The molecule has 1 unspecified atom stereocenters. The van der Waals surface area contributed by atoms with Crippen molar-refractivity contribution in [2.75, 3.05) is 11.4 Å². The van der Waals surface area contributed by atoms with Gasteiger partial charge in [-0.15, -0.1) is 0 Å². The molecule has 0 saturated carbocycles. The Morgan fingerprint density at radius 1 is 1.10 bits per heavy atom. The van der Waals surface area contributed by atoms with E-state index in [1.54, 1.807) is 17.0 Å². The molecule has 1 aliphatic heterocycles. The van der Waals surface area contributed by atoms with Crippen molar-refractivity contribution in [3.05, 3.63) is 64.2 Å². The molecule has 29 heavy (non-hydrogen) atoms. The summed E-state index contributed by atoms with van der Waals surface area (Å²) in [5, 5.41) is 11.4. The molecule has 0 spiro atoms. The van der Waals surface area contributed by atoms with Gasteiger partial charge in [0.05, 0.1) is 12.1 Å². The fourth-order valence-electron chi connectivity index (χ4n) is 4.28. The summed E-state index contributed by atoms with van der Waals surface area (Å²) < 4.78 is 0. The van der Waals surface area contributed by atoms with E-state index in [1.165, 1.54) is 5.56 Å². The smallest absolute Gasteiger partial charge is 0.264 e. The standard InChI is InChI=1S/C25H31NO3/c1-7-12-26-20-11-9-8-10-19(20)25(29,23(26)28)15-21(27)22-16(2)13-18(14-17(22)3)24(4,5)6/h8-11,13-14,29H,7,12,15H2,1-6H3. The van der Waals surface area contributed by atoms with E-state index in [0.717, 1.165) is 17.5 Å². The minimum absolute atomic E-state index is 0.0175. The number of anilines is 1. The average molecular weight is 394 g/mol. The number of para-hydroxylation sites is 1. The number of aryl methyl sites for hydroxylation is 2. The number of nitrogens with zero attached hydrogens (tertiary/aromatic N) is 1. The lowest BCUT2D eigenvalue weighted by Crippen LogP contribution is -2.42. The number of hydrogen-bond donors (Lipinski definition) is 1. The molecule has 1 amide bonds. The number of ketones is 1. The van der Waals surface area contributed by atoms with Crippen LogP contribution in [0.5, 0.6) is 0 Å². The first-order valence-electron chi connectivity index (χ1n) is 10.3. The Hall–Kier alpha value is -2.46. The van der Waals surface area contributed by atoms with Crippen molar-refractivity contribution in [1.29, 1.82) is 0 Å². The Morgan fingerprint density at radius 3 is 2.24 bits per heavy atom. The molecule has 2 aromatic carbocycles. The number of aliphatic hydroxyl groups is 1. The van der Waals surface area contributed by atoms with Crippen LogP contribution in [0.1, 0.15) is 73.1 Å². The minimum atomic E-state index is -1.82. The molecule has 3 rings (SSSR count). The van der Waals surface area contributed by atoms with Crippen LogP contribution in [-0.4, -0.2) is 23.3 Å². The molecular weight excluding hydrogens is 362 g/mol. The highest BCUT2D eigenvalue weighted by atomic mass is 16.3. The predicted molar refractivity (Wildman–Crippen MR) is 117 cm³/mol. The van der Waals surface area contributed by atoms with Gasteiger partial charge in [-0.05, 0) is 48.4 Å². The van der Waals surface area contributed by atoms with E-state index in [4.69, 9.17) is 0 Å². The summed E-state index contributed by atoms with van der Waals surface area (Å²) in [4.78, 5) is 28.0. The Kier molecular flexibility index (Phi) is 5.44. The number of carbonyl (C=O) groups excluding carboxylic acids is 2. The number of benzene rings is 2. The quantitative estimate of drug-likeness (QED) is 0.741. The molecule has 0 aromatic heterocycles. The highest BCUT2D eigenvalue weighted by Gasteiger charge is 2.50. The number of rotatable bonds is 5. The molecule has 0 radical (unpaired) electrons. The van der Waals surface area contributed by atoms with Crippen molar-refractivity contribution >= 4 is 17.4 Å². The Labute approximate surface area is 173 Å². The van der Waals surface area contributed by atoms with Gasteiger partial charge in [-0.25, -0.2) is 0 Å². The van der Waals surface area contributed by atoms with Crippen molar-refractivity contribution in [2.45, 2.75) is 65.4 Å². The first-order valence-corrected chi connectivity index (χ1v) is 10.3. The van der Waals surface area contributed by atoms with E-state index in [-0.39, 0.29) is 17.6 Å². The maximum absolute atomic E-state index is 13.3. The summed E-state index contributed by atoms with van der Waals surface area (Å²) >= 11 is 0. The average Bonchev–Trinajstić information content (AvgIpc) is 2.83. The van der Waals surface area contributed by atoms with Gasteiger partial charge >= 0.3 is 0 Å². The van der Waals surface area contributed by atoms with Crippen molar-refractivity contribution in [3.63, 3.8) is 0 Å². The van der Waals surface area contributed by atoms with Crippen LogP contribution < -0.4 is 4.90 Å². The van der Waals surface area contributed by atoms with Crippen molar-refractivity contribution in [1.82, 2.24) is 0 Å². The van der Waals surface area contributed by atoms with Crippen LogP contribution in [-0.2, 0) is 15.8 Å². The largest absolute Gasteiger partial charge is 0.375 e. The van der Waals surface area contributed by atoms with Crippen molar-refractivity contribution < 1.29 is 14.7 Å². The SMILES string of the molecule is CCCN1C(=O)C(O)(CC(=O)c2c(C)cc(C(C)(C)C)cc2C)c2ccccc21. The normalized spacial score (nSPS) is 18.9. The van der Waals surface area contributed by atoms with Crippen molar-refractivity contribution in [3.8, 4) is 0 Å². The number of hydrogen-bond acceptors (Lipinski definition) is 3. The summed E-state index contributed by atoms with van der Waals surface area (Å²) in [5.74, 6) is -0.611. The van der Waals surface area contributed by atoms with E-state index < -0.39 is 11.5 Å². The van der Waals surface area contributed by atoms with Gasteiger partial charge in [0.2, 0.25) is 0 Å². The number of amides is 1. The minimum Gasteiger partial charge on any atom is -0.375 e. The first-order chi connectivity index (χ1) is 13.5. The third-order valence-corrected chi connectivity index (χ3v) is 5.78. The zero-order valence-corrected chi connectivity index (χ0v) is 18.3. The highest BCUT2D eigenvalue weighted by Crippen LogP contribution is 2.43. The van der Waals surface area contributed by atoms with Crippen LogP contribution in [0.4, 0.5) is 5.69 Å². The molecule has 1 heterocycles. The Bertz CT molecular complexity index is 947. The second-order valence-electron chi connectivity index (χ2n) is 9.17. The van der Waals surface area contributed by atoms with Gasteiger partial charge in [-0.1, -0.05) is 58.0 Å². The highest BCUT2D eigenvalue weighted by molar-refractivity contribution is 6.11. The molecule has 0 fully saturated rings. The fourth-order valence-corrected chi connectivity index (χ4v) is 4.28. The van der Waals surface area contributed by atoms with E-state index in [0.29, 0.717) is 23.4 Å². The zero-order valence-electron chi connectivity index (χ0n) is 18.3. The third kappa shape index (κ3) is 3.62. The fraction of sp³-hybridized carbons (Fsp3) is 0.440. The maximum atomic E-state index is 13.3. The van der Waals surface area contributed by atoms with E-state index in [9.17, 15) is 14.7 Å². The topological polar surface area (TPSA) is 57.6 Å². The molecule has 1 atom stereocenters. The molecule has 1 aliphatic rings. The molecule has 0 aliphatic carbocycles. The second kappa shape index (κ2) is 7.42. The third-order valence-electron chi connectivity index (χ3n) is 5.78. The maximum Gasteiger partial charge on any atom is 0.264 e. The van der Waals surface area contributed by atoms with Gasteiger partial charge in [0.15, 0.2) is 11.4 Å². The van der Waals surface area contributed by atoms with Crippen LogP contribution in [0, 0.1) is 13.8 Å². The van der Waals surface area contributed by atoms with Crippen molar-refractivity contribution in [2.24, 2.45) is 0 Å². The summed E-state index contributed by atoms with van der Waals surface area (Å²) in [6, 6.07) is 11.3. The molecule has 4 nitrogen and oxygen atoms in total. The molecule has 2 aromatic rings. The summed E-state index contributed by atoms with van der Waals surface area (Å²) in [6.45, 7) is 12.8. The van der Waals surface area contributed by atoms with Crippen LogP contribution >= 0.6 is 0 Å². The van der Waals surface area contributed by atoms with Gasteiger partial charge < -0.3 is 10.0 Å². The van der Waals surface area contributed by atoms with E-state index in [1.807, 2.05) is 45.0 Å². The van der Waals surface area contributed by atoms with Gasteiger partial charge in [-0.3, -0.25) is 9.59 Å². The van der Waals surface area contributed by atoms with Gasteiger partial charge in [0.25, 0.3) is 5.91 Å². The molecular formula is C25H31NO3. The first kappa shape index (κ1) is 21.3. The van der Waals surface area contributed by atoms with Crippen LogP contribution in [0.25, 0.3) is 0 Å². The van der Waals surface area contributed by atoms with Gasteiger partial charge in [0, 0.05) is 17.7 Å². The Balaban J connectivity index is 2.00. The van der Waals surface area contributed by atoms with E-state index >= 15 is 0 Å². The lowest BCUT2D eigenvalue weighted by atomic mass is 9.81. The lowest BCUT2D eigenvalue weighted by molar-refractivity contribution is -0.135. The lowest BCUT2D eigenvalue weighted by Gasteiger charge is -2.25. The summed E-state index contributed by atoms with van der Waals surface area (Å²) in [5.41, 5.74) is 2.92. The monoisotopic (exact) mass is 393 g/mol. The Morgan fingerprint density at radius 2 is 1.69 bits per heavy atom. The van der Waals surface area contributed by atoms with Gasteiger partial charge in [-0.2, -0.15) is 0 Å². The number of fused-ring (bicyclic) bond motifs is 1. The van der Waals surface area contributed by atoms with Crippen LogP contribution in [0.15, 0.2) is 36.4 Å². The molecule has 1 N–H and O–H groups in total.